The van der Waals surface area contributed by atoms with E-state index in [0.717, 1.165) is 30.4 Å². The standard InChI is InChI=1S/C43H58ClN3O9S/c1-41(2,3)24-27-14-18-35(29(21-27)25-42(4,5)6)55-20-12-13-37(49)45-30-16-17-31(44)32(23-30)46-39(50)38(34(48)26-43(7,8)9)56-36-19-15-28(40(51)54-10)22-33(36)47-57(11,52)53/h14-19,21-23,38,47H,12-13,20,24-26H2,1-11H3,(H,45,49)(H,46,50). The molecular formula is C43H58ClN3O9S. The second-order valence-electron chi connectivity index (χ2n) is 17.9. The molecular weight excluding hydrogens is 770 g/mol. The summed E-state index contributed by atoms with van der Waals surface area (Å²) in [7, 11) is -2.72. The Balaban J connectivity index is 1.75. The number of methoxy groups -OCH3 is 1. The molecule has 2 amide bonds. The van der Waals surface area contributed by atoms with Gasteiger partial charge < -0.3 is 24.8 Å². The highest BCUT2D eigenvalue weighted by atomic mass is 35.5. The van der Waals surface area contributed by atoms with Gasteiger partial charge in [-0.25, -0.2) is 13.2 Å². The number of halogens is 1. The molecule has 0 saturated carbocycles. The number of ketones is 1. The molecule has 0 aliphatic heterocycles. The summed E-state index contributed by atoms with van der Waals surface area (Å²) in [4.78, 5) is 52.5. The van der Waals surface area contributed by atoms with Gasteiger partial charge in [-0.3, -0.25) is 19.1 Å². The number of carbonyl (C=O) groups is 4. The number of Topliss-reactive ketones (excluding diaryl/α,β-unsaturated/α-hetero) is 1. The van der Waals surface area contributed by atoms with E-state index in [4.69, 9.17) is 25.8 Å². The second kappa shape index (κ2) is 19.2. The van der Waals surface area contributed by atoms with Crippen LogP contribution in [0.25, 0.3) is 0 Å². The summed E-state index contributed by atoms with van der Waals surface area (Å²) in [5.41, 5.74) is 2.33. The van der Waals surface area contributed by atoms with Gasteiger partial charge >= 0.3 is 5.97 Å². The Morgan fingerprint density at radius 2 is 1.42 bits per heavy atom. The molecule has 0 aliphatic rings. The van der Waals surface area contributed by atoms with Crippen LogP contribution in [0.15, 0.2) is 54.6 Å². The zero-order valence-electron chi connectivity index (χ0n) is 35.0. The Labute approximate surface area is 342 Å². The molecule has 1 unspecified atom stereocenters. The number of carbonyl (C=O) groups excluding carboxylic acids is 4. The Bertz CT molecular complexity index is 2050. The lowest BCUT2D eigenvalue weighted by molar-refractivity contribution is -0.136. The van der Waals surface area contributed by atoms with Gasteiger partial charge in [-0.05, 0) is 89.1 Å². The lowest BCUT2D eigenvalue weighted by atomic mass is 9.84. The maximum atomic E-state index is 13.8. The van der Waals surface area contributed by atoms with Gasteiger partial charge in [0.15, 0.2) is 5.78 Å². The quantitative estimate of drug-likeness (QED) is 0.0685. The molecule has 12 nitrogen and oxygen atoms in total. The van der Waals surface area contributed by atoms with Crippen molar-refractivity contribution in [3.05, 3.63) is 76.3 Å². The number of ether oxygens (including phenoxy) is 3. The molecule has 57 heavy (non-hydrogen) atoms. The fourth-order valence-electron chi connectivity index (χ4n) is 5.91. The molecule has 0 heterocycles. The highest BCUT2D eigenvalue weighted by molar-refractivity contribution is 7.92. The number of hydrogen-bond donors (Lipinski definition) is 3. The summed E-state index contributed by atoms with van der Waals surface area (Å²) < 4.78 is 43.5. The first-order chi connectivity index (χ1) is 26.2. The number of sulfonamides is 1. The van der Waals surface area contributed by atoms with Crippen LogP contribution in [0.5, 0.6) is 11.5 Å². The third-order valence-corrected chi connectivity index (χ3v) is 8.99. The van der Waals surface area contributed by atoms with Gasteiger partial charge in [0.25, 0.3) is 5.91 Å². The average molecular weight is 828 g/mol. The molecule has 0 saturated heterocycles. The normalized spacial score (nSPS) is 12.6. The SMILES string of the molecule is COC(=O)c1ccc(OC(C(=O)CC(C)(C)C)C(=O)Nc2cc(NC(=O)CCCOc3ccc(CC(C)(C)C)cc3CC(C)(C)C)ccc2Cl)c(NS(C)(=O)=O)c1. The number of hydrogen-bond acceptors (Lipinski definition) is 9. The van der Waals surface area contributed by atoms with Crippen LogP contribution in [0.4, 0.5) is 17.1 Å². The van der Waals surface area contributed by atoms with Crippen molar-refractivity contribution in [1.29, 1.82) is 0 Å². The number of esters is 1. The summed E-state index contributed by atoms with van der Waals surface area (Å²) in [6, 6.07) is 14.6. The zero-order valence-corrected chi connectivity index (χ0v) is 36.5. The van der Waals surface area contributed by atoms with Crippen LogP contribution in [0, 0.1) is 16.2 Å². The summed E-state index contributed by atoms with van der Waals surface area (Å²) >= 11 is 6.45. The molecule has 1 atom stereocenters. The maximum Gasteiger partial charge on any atom is 0.337 e. The van der Waals surface area contributed by atoms with Crippen LogP contribution in [0.3, 0.4) is 0 Å². The molecule has 3 aromatic carbocycles. The van der Waals surface area contributed by atoms with Crippen molar-refractivity contribution < 1.29 is 41.8 Å². The van der Waals surface area contributed by atoms with E-state index in [-0.39, 0.29) is 57.3 Å². The third kappa shape index (κ3) is 16.4. The van der Waals surface area contributed by atoms with E-state index in [1.165, 1.54) is 43.0 Å². The topological polar surface area (TPSA) is 166 Å². The van der Waals surface area contributed by atoms with E-state index in [9.17, 15) is 27.6 Å². The molecule has 0 fully saturated rings. The summed E-state index contributed by atoms with van der Waals surface area (Å²) in [6.07, 6.45) is 1.47. The van der Waals surface area contributed by atoms with Crippen LogP contribution in [0.1, 0.15) is 103 Å². The Morgan fingerprint density at radius 3 is 2.02 bits per heavy atom. The monoisotopic (exact) mass is 827 g/mol. The average Bonchev–Trinajstić information content (AvgIpc) is 3.05. The minimum Gasteiger partial charge on any atom is -0.493 e. The largest absolute Gasteiger partial charge is 0.493 e. The maximum absolute atomic E-state index is 13.8. The van der Waals surface area contributed by atoms with Gasteiger partial charge in [0.05, 0.1) is 41.9 Å². The Hall–Kier alpha value is -4.62. The molecule has 14 heteroatoms. The Morgan fingerprint density at radius 1 is 0.772 bits per heavy atom. The number of rotatable bonds is 17. The number of amides is 2. The lowest BCUT2D eigenvalue weighted by Gasteiger charge is -2.24. The molecule has 0 spiro atoms. The van der Waals surface area contributed by atoms with Crippen molar-refractivity contribution >= 4 is 62.3 Å². The van der Waals surface area contributed by atoms with Gasteiger partial charge in [-0.1, -0.05) is 86.0 Å². The Kier molecular flexibility index (Phi) is 15.8. The van der Waals surface area contributed by atoms with Gasteiger partial charge in [0, 0.05) is 18.5 Å². The number of benzene rings is 3. The highest BCUT2D eigenvalue weighted by Crippen LogP contribution is 2.33. The fourth-order valence-corrected chi connectivity index (χ4v) is 6.63. The van der Waals surface area contributed by atoms with Gasteiger partial charge in [0.1, 0.15) is 11.5 Å². The first-order valence-corrected chi connectivity index (χ1v) is 21.0. The smallest absolute Gasteiger partial charge is 0.337 e. The number of nitrogens with one attached hydrogen (secondary N) is 3. The van der Waals surface area contributed by atoms with E-state index >= 15 is 0 Å². The first kappa shape index (κ1) is 46.8. The van der Waals surface area contributed by atoms with Crippen LogP contribution in [-0.2, 0) is 42.0 Å². The van der Waals surface area contributed by atoms with E-state index < -0.39 is 39.2 Å². The van der Waals surface area contributed by atoms with Crippen molar-refractivity contribution in [3.8, 4) is 11.5 Å². The van der Waals surface area contributed by atoms with Crippen LogP contribution in [-0.4, -0.2) is 58.1 Å². The summed E-state index contributed by atoms with van der Waals surface area (Å²) in [5.74, 6) is -1.90. The molecule has 3 N–H and O–H groups in total. The highest BCUT2D eigenvalue weighted by Gasteiger charge is 2.33. The van der Waals surface area contributed by atoms with E-state index in [1.54, 1.807) is 6.07 Å². The van der Waals surface area contributed by atoms with Crippen LogP contribution >= 0.6 is 11.6 Å². The van der Waals surface area contributed by atoms with E-state index in [0.29, 0.717) is 18.7 Å². The molecule has 0 aromatic heterocycles. The molecule has 3 rings (SSSR count). The zero-order chi connectivity index (χ0) is 42.9. The van der Waals surface area contributed by atoms with Gasteiger partial charge in [-0.15, -0.1) is 0 Å². The molecule has 312 valence electrons. The van der Waals surface area contributed by atoms with Crippen molar-refractivity contribution in [2.24, 2.45) is 16.2 Å². The minimum absolute atomic E-state index is 0.00258. The van der Waals surface area contributed by atoms with Crippen LogP contribution < -0.4 is 24.8 Å². The summed E-state index contributed by atoms with van der Waals surface area (Å²) in [5, 5.41) is 5.57. The third-order valence-electron chi connectivity index (χ3n) is 8.07. The van der Waals surface area contributed by atoms with Crippen molar-refractivity contribution in [1.82, 2.24) is 0 Å². The predicted octanol–water partition coefficient (Wildman–Crippen LogP) is 8.86. The predicted molar refractivity (Wildman–Crippen MR) is 226 cm³/mol. The molecule has 3 aromatic rings. The van der Waals surface area contributed by atoms with Crippen molar-refractivity contribution in [2.45, 2.75) is 101 Å². The minimum atomic E-state index is -3.88. The molecule has 0 radical (unpaired) electrons. The lowest BCUT2D eigenvalue weighted by Crippen LogP contribution is -2.41. The van der Waals surface area contributed by atoms with Gasteiger partial charge in [-0.2, -0.15) is 0 Å². The summed E-state index contributed by atoms with van der Waals surface area (Å²) in [6.45, 7) is 19.0. The second-order valence-corrected chi connectivity index (χ2v) is 20.0. The van der Waals surface area contributed by atoms with Crippen molar-refractivity contribution in [2.75, 3.05) is 35.3 Å². The van der Waals surface area contributed by atoms with Gasteiger partial charge in [0.2, 0.25) is 22.0 Å². The fraction of sp³-hybridized carbons (Fsp3) is 0.488. The first-order valence-electron chi connectivity index (χ1n) is 18.8. The molecule has 0 aliphatic carbocycles. The van der Waals surface area contributed by atoms with E-state index in [2.05, 4.69) is 69.0 Å². The molecule has 0 bridgehead atoms. The van der Waals surface area contributed by atoms with E-state index in [1.807, 2.05) is 26.8 Å². The van der Waals surface area contributed by atoms with Crippen LogP contribution in [0.2, 0.25) is 5.02 Å². The van der Waals surface area contributed by atoms with Crippen molar-refractivity contribution in [3.63, 3.8) is 0 Å². The number of anilines is 3.